The van der Waals surface area contributed by atoms with Gasteiger partial charge in [-0.1, -0.05) is 0 Å². The fourth-order valence-corrected chi connectivity index (χ4v) is 3.06. The van der Waals surface area contributed by atoms with Gasteiger partial charge < -0.3 is 14.6 Å². The normalized spacial score (nSPS) is 13.2. The second kappa shape index (κ2) is 8.45. The lowest BCUT2D eigenvalue weighted by molar-refractivity contribution is -0.166. The van der Waals surface area contributed by atoms with E-state index in [2.05, 4.69) is 15.4 Å². The number of aromatic nitrogens is 4. The molecule has 0 radical (unpaired) electrons. The third-order valence-corrected chi connectivity index (χ3v) is 4.68. The van der Waals surface area contributed by atoms with Crippen LogP contribution in [0.3, 0.4) is 0 Å². The predicted octanol–water partition coefficient (Wildman–Crippen LogP) is 3.91. The number of hydrogen-bond acceptors (Lipinski definition) is 5. The molecule has 178 valence electrons. The van der Waals surface area contributed by atoms with Crippen LogP contribution in [0.2, 0.25) is 0 Å². The first-order valence-corrected chi connectivity index (χ1v) is 9.61. The minimum absolute atomic E-state index is 0.120. The average molecular weight is 473 g/mol. The third kappa shape index (κ3) is 5.29. The SMILES string of the molecule is CC(=O)Nc1cc2c(-c3cc(OCC(C)(F)F)c(=O)n([C@@H](C)C(F)(F)F)n3)cn(C)c2cn1. The van der Waals surface area contributed by atoms with E-state index in [0.29, 0.717) is 17.8 Å². The van der Waals surface area contributed by atoms with Crippen molar-refractivity contribution < 1.29 is 31.5 Å². The molecule has 3 heterocycles. The molecule has 0 bridgehead atoms. The van der Waals surface area contributed by atoms with Crippen LogP contribution in [-0.2, 0) is 11.8 Å². The van der Waals surface area contributed by atoms with Crippen LogP contribution in [0.25, 0.3) is 22.2 Å². The number of alkyl halides is 5. The quantitative estimate of drug-likeness (QED) is 0.549. The standard InChI is InChI=1S/C20H20F5N5O3/c1-10(20(23,24)25)30-18(32)16(33-9-19(3,21)22)6-14(28-30)13-8-29(4)15-7-26-17(5-12(13)15)27-11(2)31/h5-8,10H,9H2,1-4H3,(H,26,27,31)/t10-/m0/s1. The number of ether oxygens (including phenoxy) is 1. The van der Waals surface area contributed by atoms with Crippen LogP contribution in [0.15, 0.2) is 29.3 Å². The highest BCUT2D eigenvalue weighted by Gasteiger charge is 2.39. The number of halogens is 5. The van der Waals surface area contributed by atoms with Gasteiger partial charge in [-0.2, -0.15) is 18.3 Å². The number of aryl methyl sites for hydroxylation is 1. The third-order valence-electron chi connectivity index (χ3n) is 4.68. The molecule has 13 heteroatoms. The van der Waals surface area contributed by atoms with Crippen LogP contribution in [0.5, 0.6) is 5.75 Å². The molecular formula is C20H20F5N5O3. The van der Waals surface area contributed by atoms with Crippen LogP contribution in [0.4, 0.5) is 27.8 Å². The van der Waals surface area contributed by atoms with Gasteiger partial charge in [-0.15, -0.1) is 0 Å². The number of amides is 1. The van der Waals surface area contributed by atoms with Gasteiger partial charge in [-0.3, -0.25) is 9.59 Å². The Bertz CT molecular complexity index is 1260. The van der Waals surface area contributed by atoms with Gasteiger partial charge in [0.05, 0.1) is 17.4 Å². The summed E-state index contributed by atoms with van der Waals surface area (Å²) in [6, 6.07) is 0.152. The highest BCUT2D eigenvalue weighted by atomic mass is 19.4. The van der Waals surface area contributed by atoms with Gasteiger partial charge in [-0.05, 0) is 13.0 Å². The molecule has 0 spiro atoms. The summed E-state index contributed by atoms with van der Waals surface area (Å²) in [7, 11) is 1.65. The maximum atomic E-state index is 13.4. The number of pyridine rings is 1. The van der Waals surface area contributed by atoms with Crippen molar-refractivity contribution in [2.45, 2.75) is 38.9 Å². The van der Waals surface area contributed by atoms with Crippen molar-refractivity contribution in [1.29, 1.82) is 0 Å². The van der Waals surface area contributed by atoms with E-state index in [0.717, 1.165) is 13.0 Å². The zero-order valence-corrected chi connectivity index (χ0v) is 18.0. The summed E-state index contributed by atoms with van der Waals surface area (Å²) in [5, 5.41) is 6.81. The summed E-state index contributed by atoms with van der Waals surface area (Å²) in [5.41, 5.74) is -0.595. The van der Waals surface area contributed by atoms with E-state index in [1.54, 1.807) is 11.6 Å². The van der Waals surface area contributed by atoms with Crippen molar-refractivity contribution in [1.82, 2.24) is 19.3 Å². The summed E-state index contributed by atoms with van der Waals surface area (Å²) >= 11 is 0. The van der Waals surface area contributed by atoms with E-state index in [4.69, 9.17) is 4.74 Å². The van der Waals surface area contributed by atoms with E-state index in [9.17, 15) is 31.5 Å². The van der Waals surface area contributed by atoms with Gasteiger partial charge in [0, 0.05) is 44.1 Å². The van der Waals surface area contributed by atoms with Crippen LogP contribution in [0, 0.1) is 0 Å². The van der Waals surface area contributed by atoms with Gasteiger partial charge in [0.2, 0.25) is 5.91 Å². The first kappa shape index (κ1) is 24.1. The van der Waals surface area contributed by atoms with Crippen LogP contribution in [-0.4, -0.2) is 43.9 Å². The number of carbonyl (C=O) groups excluding carboxylic acids is 1. The lowest BCUT2D eigenvalue weighted by atomic mass is 10.1. The summed E-state index contributed by atoms with van der Waals surface area (Å²) < 4.78 is 73.4. The number of nitrogens with one attached hydrogen (secondary N) is 1. The molecule has 33 heavy (non-hydrogen) atoms. The van der Waals surface area contributed by atoms with Gasteiger partial charge in [0.1, 0.15) is 11.9 Å². The summed E-state index contributed by atoms with van der Waals surface area (Å²) in [4.78, 5) is 28.0. The number of nitrogens with zero attached hydrogens (tertiary/aromatic N) is 4. The first-order valence-electron chi connectivity index (χ1n) is 9.61. The Morgan fingerprint density at radius 3 is 2.48 bits per heavy atom. The van der Waals surface area contributed by atoms with Gasteiger partial charge in [0.15, 0.2) is 12.4 Å². The molecule has 0 aliphatic carbocycles. The first-order chi connectivity index (χ1) is 15.2. The zero-order chi connectivity index (χ0) is 24.7. The Labute approximate surface area is 184 Å². The molecular weight excluding hydrogens is 453 g/mol. The molecule has 1 N–H and O–H groups in total. The molecule has 0 unspecified atom stereocenters. The minimum Gasteiger partial charge on any atom is -0.481 e. The number of carbonyl (C=O) groups is 1. The summed E-state index contributed by atoms with van der Waals surface area (Å²) in [6.45, 7) is 1.34. The van der Waals surface area contributed by atoms with Crippen molar-refractivity contribution in [3.8, 4) is 17.0 Å². The Balaban J connectivity index is 2.24. The summed E-state index contributed by atoms with van der Waals surface area (Å²) in [5.74, 6) is -4.23. The number of anilines is 1. The van der Waals surface area contributed by atoms with Crippen LogP contribution in [0.1, 0.15) is 26.8 Å². The van der Waals surface area contributed by atoms with Crippen molar-refractivity contribution in [2.75, 3.05) is 11.9 Å². The predicted molar refractivity (Wildman–Crippen MR) is 109 cm³/mol. The molecule has 3 aromatic heterocycles. The fraction of sp³-hybridized carbons (Fsp3) is 0.400. The summed E-state index contributed by atoms with van der Waals surface area (Å²) in [6.07, 6.45) is -1.87. The lowest BCUT2D eigenvalue weighted by Gasteiger charge is -2.19. The molecule has 0 fully saturated rings. The molecule has 0 saturated heterocycles. The monoisotopic (exact) mass is 473 g/mol. The Morgan fingerprint density at radius 1 is 1.24 bits per heavy atom. The second-order valence-corrected chi connectivity index (χ2v) is 7.64. The average Bonchev–Trinajstić information content (AvgIpc) is 3.01. The lowest BCUT2D eigenvalue weighted by Crippen LogP contribution is -2.35. The molecule has 3 aromatic rings. The van der Waals surface area contributed by atoms with Crippen molar-refractivity contribution in [3.05, 3.63) is 34.9 Å². The van der Waals surface area contributed by atoms with Gasteiger partial charge in [0.25, 0.3) is 5.92 Å². The molecule has 0 aromatic carbocycles. The molecule has 3 rings (SSSR count). The highest BCUT2D eigenvalue weighted by Crippen LogP contribution is 2.33. The van der Waals surface area contributed by atoms with Crippen molar-refractivity contribution in [3.63, 3.8) is 0 Å². The second-order valence-electron chi connectivity index (χ2n) is 7.64. The van der Waals surface area contributed by atoms with Crippen LogP contribution < -0.4 is 15.6 Å². The van der Waals surface area contributed by atoms with E-state index in [1.807, 2.05) is 0 Å². The zero-order valence-electron chi connectivity index (χ0n) is 18.0. The molecule has 0 aliphatic rings. The van der Waals surface area contributed by atoms with E-state index >= 15 is 0 Å². The van der Waals surface area contributed by atoms with Crippen molar-refractivity contribution >= 4 is 22.6 Å². The maximum absolute atomic E-state index is 13.4. The van der Waals surface area contributed by atoms with E-state index in [-0.39, 0.29) is 27.7 Å². The molecule has 0 saturated carbocycles. The Morgan fingerprint density at radius 2 is 1.91 bits per heavy atom. The van der Waals surface area contributed by atoms with Gasteiger partial charge in [-0.25, -0.2) is 18.4 Å². The number of rotatable bonds is 6. The highest BCUT2D eigenvalue weighted by molar-refractivity contribution is 5.98. The largest absolute Gasteiger partial charge is 0.481 e. The van der Waals surface area contributed by atoms with E-state index < -0.39 is 36.1 Å². The maximum Gasteiger partial charge on any atom is 0.410 e. The number of fused-ring (bicyclic) bond motifs is 1. The van der Waals surface area contributed by atoms with Crippen molar-refractivity contribution in [2.24, 2.45) is 7.05 Å². The molecule has 0 aliphatic heterocycles. The smallest absolute Gasteiger partial charge is 0.410 e. The number of hydrogen-bond donors (Lipinski definition) is 1. The molecule has 1 amide bonds. The van der Waals surface area contributed by atoms with E-state index in [1.165, 1.54) is 25.4 Å². The molecule has 8 nitrogen and oxygen atoms in total. The van der Waals surface area contributed by atoms with Gasteiger partial charge >= 0.3 is 11.7 Å². The Hall–Kier alpha value is -3.51. The fourth-order valence-electron chi connectivity index (χ4n) is 3.06. The molecule has 1 atom stereocenters. The topological polar surface area (TPSA) is 91.0 Å². The van der Waals surface area contributed by atoms with Crippen LogP contribution >= 0.6 is 0 Å². The Kier molecular flexibility index (Phi) is 6.18. The minimum atomic E-state index is -4.83.